The van der Waals surface area contributed by atoms with Gasteiger partial charge in [-0.3, -0.25) is 14.4 Å². The molecule has 4 saturated carbocycles. The van der Waals surface area contributed by atoms with E-state index in [1.165, 1.54) is 21.0 Å². The van der Waals surface area contributed by atoms with Crippen molar-refractivity contribution in [1.29, 1.82) is 0 Å². The average Bonchev–Trinajstić information content (AvgIpc) is 3.56. The Hall–Kier alpha value is -1.67. The van der Waals surface area contributed by atoms with E-state index in [1.807, 2.05) is 0 Å². The number of hydrogen-bond donors (Lipinski definition) is 1. The summed E-state index contributed by atoms with van der Waals surface area (Å²) >= 11 is 0. The van der Waals surface area contributed by atoms with E-state index in [9.17, 15) is 19.5 Å². The van der Waals surface area contributed by atoms with Gasteiger partial charge in [0.1, 0.15) is 18.3 Å². The van der Waals surface area contributed by atoms with Crippen LogP contribution in [0.1, 0.15) is 79.6 Å². The lowest BCUT2D eigenvalue weighted by Crippen LogP contribution is -2.65. The van der Waals surface area contributed by atoms with Crippen LogP contribution < -0.4 is 0 Å². The molecule has 1 saturated heterocycles. The first-order chi connectivity index (χ1) is 17.4. The van der Waals surface area contributed by atoms with Gasteiger partial charge in [0.25, 0.3) is 0 Å². The van der Waals surface area contributed by atoms with Crippen molar-refractivity contribution < 1.29 is 38.4 Å². The zero-order valence-electron chi connectivity index (χ0n) is 23.1. The summed E-state index contributed by atoms with van der Waals surface area (Å²) in [5.41, 5.74) is -0.457. The third-order valence-electron chi connectivity index (χ3n) is 11.5. The predicted octanol–water partition coefficient (Wildman–Crippen LogP) is 3.67. The van der Waals surface area contributed by atoms with Crippen LogP contribution in [0.25, 0.3) is 0 Å². The Kier molecular flexibility index (Phi) is 6.92. The number of hydrogen-bond acceptors (Lipinski definition) is 8. The minimum Gasteiger partial charge on any atom is -0.469 e. The highest BCUT2D eigenvalue weighted by atomic mass is 16.6. The molecule has 0 aromatic heterocycles. The van der Waals surface area contributed by atoms with Gasteiger partial charge in [0.05, 0.1) is 19.3 Å². The fourth-order valence-electron chi connectivity index (χ4n) is 9.84. The van der Waals surface area contributed by atoms with Crippen molar-refractivity contribution in [2.75, 3.05) is 7.11 Å². The monoisotopic (exact) mass is 520 g/mol. The van der Waals surface area contributed by atoms with Crippen molar-refractivity contribution in [1.82, 2.24) is 0 Å². The number of carbonyl (C=O) groups is 3. The molecule has 0 aromatic rings. The summed E-state index contributed by atoms with van der Waals surface area (Å²) in [5, 5.41) is 10.7. The Morgan fingerprint density at radius 3 is 2.35 bits per heavy atom. The number of esters is 3. The van der Waals surface area contributed by atoms with Gasteiger partial charge in [0, 0.05) is 37.0 Å². The Morgan fingerprint density at radius 1 is 1.00 bits per heavy atom. The summed E-state index contributed by atoms with van der Waals surface area (Å²) in [7, 11) is 1.42. The maximum absolute atomic E-state index is 12.4. The van der Waals surface area contributed by atoms with Gasteiger partial charge in [-0.15, -0.1) is 0 Å². The Morgan fingerprint density at radius 2 is 1.70 bits per heavy atom. The first-order valence-electron chi connectivity index (χ1n) is 14.2. The third kappa shape index (κ3) is 4.21. The van der Waals surface area contributed by atoms with Gasteiger partial charge in [0.2, 0.25) is 0 Å². The van der Waals surface area contributed by atoms with Crippen LogP contribution in [-0.4, -0.2) is 60.6 Å². The molecule has 0 spiro atoms. The molecule has 0 amide bonds. The van der Waals surface area contributed by atoms with Crippen LogP contribution >= 0.6 is 0 Å². The first-order valence-corrected chi connectivity index (χ1v) is 14.2. The highest BCUT2D eigenvalue weighted by Gasteiger charge is 2.73. The van der Waals surface area contributed by atoms with E-state index in [-0.39, 0.29) is 88.7 Å². The zero-order chi connectivity index (χ0) is 26.9. The van der Waals surface area contributed by atoms with E-state index >= 15 is 0 Å². The normalized spacial score (nSPS) is 48.4. The maximum atomic E-state index is 12.4. The Labute approximate surface area is 220 Å². The van der Waals surface area contributed by atoms with Gasteiger partial charge in [-0.2, -0.15) is 0 Å². The quantitative estimate of drug-likeness (QED) is 0.321. The Bertz CT molecular complexity index is 935. The largest absolute Gasteiger partial charge is 0.469 e. The SMILES string of the molecule is COC(=O)CC[C@@H](C)[C@H]1CC[C@H]2C3C(C[C@H](OC(C)=O)[C@]12C)[C@]1(C)[C@H](C[C@H]3OC(C)=O)C[C@H](O)[C@H]2O[C@H]21. The first kappa shape index (κ1) is 26.9. The van der Waals surface area contributed by atoms with E-state index in [0.29, 0.717) is 19.3 Å². The highest BCUT2D eigenvalue weighted by Crippen LogP contribution is 2.71. The van der Waals surface area contributed by atoms with E-state index in [2.05, 4.69) is 20.8 Å². The third-order valence-corrected chi connectivity index (χ3v) is 11.5. The second-order valence-electron chi connectivity index (χ2n) is 13.0. The molecular formula is C29H44O8. The van der Waals surface area contributed by atoms with E-state index in [4.69, 9.17) is 18.9 Å². The zero-order valence-corrected chi connectivity index (χ0v) is 23.1. The van der Waals surface area contributed by atoms with Crippen molar-refractivity contribution in [3.05, 3.63) is 0 Å². The lowest BCUT2D eigenvalue weighted by molar-refractivity contribution is -0.221. The standard InChI is InChI=1S/C29H44O8/c1-14(7-10-24(33)34-6)18-8-9-19-25-20(13-23(29(18,19)5)36-16(3)31)28(4)17(12-22(25)35-15(2)30)11-21(32)26-27(28)37-26/h14,17-23,25-27,32H,7-13H2,1-6H3/t14-,17+,18-,19+,20?,21+,22-,23+,25?,26-,27-,28+,29-/m1/s1. The lowest BCUT2D eigenvalue weighted by atomic mass is 9.43. The number of rotatable bonds is 6. The Balaban J connectivity index is 1.52. The highest BCUT2D eigenvalue weighted by molar-refractivity contribution is 5.69. The molecule has 8 nitrogen and oxygen atoms in total. The van der Waals surface area contributed by atoms with Gasteiger partial charge < -0.3 is 24.1 Å². The molecule has 208 valence electrons. The number of methoxy groups -OCH3 is 1. The van der Waals surface area contributed by atoms with Crippen LogP contribution in [-0.2, 0) is 33.3 Å². The van der Waals surface area contributed by atoms with Crippen LogP contribution in [0.2, 0.25) is 0 Å². The molecule has 8 heteroatoms. The minimum atomic E-state index is -0.484. The molecule has 2 unspecified atom stereocenters. The minimum absolute atomic E-state index is 0.00876. The molecule has 0 bridgehead atoms. The second kappa shape index (κ2) is 9.51. The maximum Gasteiger partial charge on any atom is 0.305 e. The van der Waals surface area contributed by atoms with Crippen molar-refractivity contribution in [3.8, 4) is 0 Å². The average molecular weight is 521 g/mol. The number of carbonyl (C=O) groups excluding carboxylic acids is 3. The van der Waals surface area contributed by atoms with E-state index in [1.54, 1.807) is 0 Å². The second-order valence-corrected chi connectivity index (χ2v) is 13.0. The fraction of sp³-hybridized carbons (Fsp3) is 0.897. The number of fused-ring (bicyclic) bond motifs is 7. The van der Waals surface area contributed by atoms with Crippen molar-refractivity contribution in [2.24, 2.45) is 46.3 Å². The summed E-state index contributed by atoms with van der Waals surface area (Å²) in [4.78, 5) is 36.6. The van der Waals surface area contributed by atoms with Crippen LogP contribution in [0, 0.1) is 46.3 Å². The summed E-state index contributed by atoms with van der Waals surface area (Å²) < 4.78 is 23.2. The number of aliphatic hydroxyl groups is 1. The molecule has 5 rings (SSSR count). The van der Waals surface area contributed by atoms with Gasteiger partial charge in [0.15, 0.2) is 0 Å². The smallest absolute Gasteiger partial charge is 0.305 e. The summed E-state index contributed by atoms with van der Waals surface area (Å²) in [6, 6.07) is 0. The predicted molar refractivity (Wildman–Crippen MR) is 133 cm³/mol. The van der Waals surface area contributed by atoms with Crippen LogP contribution in [0.15, 0.2) is 0 Å². The van der Waals surface area contributed by atoms with E-state index in [0.717, 1.165) is 25.7 Å². The van der Waals surface area contributed by atoms with Crippen molar-refractivity contribution in [2.45, 2.75) is 110 Å². The molecule has 5 aliphatic rings. The van der Waals surface area contributed by atoms with Crippen molar-refractivity contribution in [3.63, 3.8) is 0 Å². The molecule has 37 heavy (non-hydrogen) atoms. The number of aliphatic hydroxyl groups excluding tert-OH is 1. The van der Waals surface area contributed by atoms with Gasteiger partial charge in [-0.05, 0) is 68.1 Å². The van der Waals surface area contributed by atoms with Crippen LogP contribution in [0.5, 0.6) is 0 Å². The number of ether oxygens (including phenoxy) is 4. The molecule has 13 atom stereocenters. The summed E-state index contributed by atoms with van der Waals surface area (Å²) in [6.45, 7) is 9.74. The molecule has 0 radical (unpaired) electrons. The van der Waals surface area contributed by atoms with E-state index < -0.39 is 6.10 Å². The molecule has 0 aromatic carbocycles. The molecule has 4 aliphatic carbocycles. The fourth-order valence-corrected chi connectivity index (χ4v) is 9.84. The molecule has 5 fully saturated rings. The number of epoxide rings is 1. The van der Waals surface area contributed by atoms with Crippen molar-refractivity contribution >= 4 is 17.9 Å². The molecule has 1 N–H and O–H groups in total. The summed E-state index contributed by atoms with van der Waals surface area (Å²) in [5.74, 6) is 0.468. The molecule has 1 aliphatic heterocycles. The van der Waals surface area contributed by atoms with Gasteiger partial charge >= 0.3 is 17.9 Å². The van der Waals surface area contributed by atoms with Gasteiger partial charge in [-0.1, -0.05) is 20.8 Å². The topological polar surface area (TPSA) is 112 Å². The van der Waals surface area contributed by atoms with Crippen LogP contribution in [0.4, 0.5) is 0 Å². The molecule has 1 heterocycles. The van der Waals surface area contributed by atoms with Gasteiger partial charge in [-0.25, -0.2) is 0 Å². The molecular weight excluding hydrogens is 476 g/mol. The van der Waals surface area contributed by atoms with Crippen LogP contribution in [0.3, 0.4) is 0 Å². The summed E-state index contributed by atoms with van der Waals surface area (Å²) in [6.07, 6.45) is 4.02. The lowest BCUT2D eigenvalue weighted by Gasteiger charge is -2.63.